The molecule has 3 rings (SSSR count). The summed E-state index contributed by atoms with van der Waals surface area (Å²) >= 11 is 3.36. The van der Waals surface area contributed by atoms with E-state index in [-0.39, 0.29) is 30.6 Å². The molecule has 1 aliphatic heterocycles. The van der Waals surface area contributed by atoms with Crippen LogP contribution in [0.2, 0.25) is 0 Å². The van der Waals surface area contributed by atoms with Gasteiger partial charge in [0, 0.05) is 35.0 Å². The molecule has 2 aromatic carbocycles. The molecule has 1 unspecified atom stereocenters. The summed E-state index contributed by atoms with van der Waals surface area (Å²) in [7, 11) is 3.25. The van der Waals surface area contributed by atoms with E-state index in [1.807, 2.05) is 35.2 Å². The molecule has 2 aromatic rings. The van der Waals surface area contributed by atoms with Gasteiger partial charge in [-0.25, -0.2) is 0 Å². The summed E-state index contributed by atoms with van der Waals surface area (Å²) in [6.45, 7) is 0.691. The maximum Gasteiger partial charge on any atom is 0.223 e. The number of likely N-dealkylation sites (tertiary alicyclic amines) is 1. The topological polar surface area (TPSA) is 55.8 Å². The number of nitrogens with zero attached hydrogens (tertiary/aromatic N) is 1. The summed E-state index contributed by atoms with van der Waals surface area (Å²) in [6.07, 6.45) is 2.21. The van der Waals surface area contributed by atoms with E-state index in [1.165, 1.54) is 0 Å². The van der Waals surface area contributed by atoms with Gasteiger partial charge in [0.25, 0.3) is 0 Å². The molecule has 148 valence electrons. The van der Waals surface area contributed by atoms with Gasteiger partial charge < -0.3 is 14.4 Å². The first-order valence-electron chi connectivity index (χ1n) is 9.33. The largest absolute Gasteiger partial charge is 0.497 e. The molecule has 0 radical (unpaired) electrons. The quantitative estimate of drug-likeness (QED) is 0.574. The maximum atomic E-state index is 12.9. The second-order valence-corrected chi connectivity index (χ2v) is 7.70. The van der Waals surface area contributed by atoms with Crippen LogP contribution in [-0.2, 0) is 4.79 Å². The number of halogens is 1. The Morgan fingerprint density at radius 3 is 2.50 bits per heavy atom. The Balaban J connectivity index is 1.69. The van der Waals surface area contributed by atoms with E-state index in [4.69, 9.17) is 9.47 Å². The van der Waals surface area contributed by atoms with E-state index in [1.54, 1.807) is 26.4 Å². The van der Waals surface area contributed by atoms with Crippen molar-refractivity contribution < 1.29 is 19.1 Å². The fraction of sp³-hybridized carbons (Fsp3) is 0.364. The Bertz CT molecular complexity index is 850. The first-order chi connectivity index (χ1) is 13.5. The molecule has 28 heavy (non-hydrogen) atoms. The second-order valence-electron chi connectivity index (χ2n) is 6.78. The third kappa shape index (κ3) is 4.55. The Morgan fingerprint density at radius 2 is 1.82 bits per heavy atom. The molecule has 5 nitrogen and oxygen atoms in total. The van der Waals surface area contributed by atoms with Gasteiger partial charge >= 0.3 is 0 Å². The maximum absolute atomic E-state index is 12.9. The Kier molecular flexibility index (Phi) is 6.73. The molecule has 0 aliphatic carbocycles. The molecule has 1 fully saturated rings. The van der Waals surface area contributed by atoms with Gasteiger partial charge in [0.05, 0.1) is 20.3 Å². The number of methoxy groups -OCH3 is 2. The fourth-order valence-corrected chi connectivity index (χ4v) is 3.90. The van der Waals surface area contributed by atoms with Crippen LogP contribution >= 0.6 is 15.9 Å². The molecule has 1 amide bonds. The van der Waals surface area contributed by atoms with Crippen LogP contribution in [0.3, 0.4) is 0 Å². The highest BCUT2D eigenvalue weighted by atomic mass is 79.9. The molecule has 0 N–H and O–H groups in total. The lowest BCUT2D eigenvalue weighted by Crippen LogP contribution is -2.31. The zero-order valence-corrected chi connectivity index (χ0v) is 17.7. The highest BCUT2D eigenvalue weighted by Crippen LogP contribution is 2.39. The zero-order chi connectivity index (χ0) is 20.1. The van der Waals surface area contributed by atoms with Crippen LogP contribution < -0.4 is 9.47 Å². The molecule has 1 heterocycles. The van der Waals surface area contributed by atoms with E-state index in [2.05, 4.69) is 15.9 Å². The van der Waals surface area contributed by atoms with E-state index in [0.29, 0.717) is 12.1 Å². The smallest absolute Gasteiger partial charge is 0.223 e. The van der Waals surface area contributed by atoms with E-state index >= 15 is 0 Å². The molecule has 0 spiro atoms. The van der Waals surface area contributed by atoms with Crippen molar-refractivity contribution in [3.05, 3.63) is 58.1 Å². The number of ether oxygens (including phenoxy) is 2. The number of ketones is 1. The minimum Gasteiger partial charge on any atom is -0.497 e. The molecule has 1 atom stereocenters. The van der Waals surface area contributed by atoms with Gasteiger partial charge in [-0.2, -0.15) is 0 Å². The molecule has 1 saturated heterocycles. The number of amides is 1. The number of hydrogen-bond acceptors (Lipinski definition) is 4. The van der Waals surface area contributed by atoms with Crippen LogP contribution in [0.15, 0.2) is 46.9 Å². The molecular weight excluding hydrogens is 422 g/mol. The van der Waals surface area contributed by atoms with Crippen molar-refractivity contribution in [1.82, 2.24) is 4.90 Å². The highest BCUT2D eigenvalue weighted by molar-refractivity contribution is 9.10. The minimum atomic E-state index is -0.0552. The van der Waals surface area contributed by atoms with Crippen molar-refractivity contribution in [2.75, 3.05) is 20.8 Å². The number of rotatable bonds is 7. The van der Waals surface area contributed by atoms with Gasteiger partial charge in [0.15, 0.2) is 5.78 Å². The number of carbonyl (C=O) groups is 2. The lowest BCUT2D eigenvalue weighted by molar-refractivity contribution is -0.132. The Labute approximate surface area is 173 Å². The molecular formula is C22H24BrNO4. The van der Waals surface area contributed by atoms with Gasteiger partial charge in [-0.15, -0.1) is 0 Å². The average Bonchev–Trinajstić information content (AvgIpc) is 3.21. The molecule has 1 aliphatic rings. The third-order valence-corrected chi connectivity index (χ3v) is 5.63. The average molecular weight is 446 g/mol. The number of Topliss-reactive ketones (excluding diaryl/α,β-unsaturated/α-hetero) is 1. The van der Waals surface area contributed by atoms with E-state index in [9.17, 15) is 9.59 Å². The molecule has 0 saturated carbocycles. The number of hydrogen-bond donors (Lipinski definition) is 0. The van der Waals surface area contributed by atoms with Gasteiger partial charge in [-0.05, 0) is 43.2 Å². The standard InChI is InChI=1S/C22H24BrNO4/c1-27-17-9-11-21(28-2)18(14-17)19-4-3-13-24(19)22(26)12-10-20(25)15-5-7-16(23)8-6-15/h5-9,11,14,19H,3-4,10,12-13H2,1-2H3. The van der Waals surface area contributed by atoms with Gasteiger partial charge in [0.2, 0.25) is 5.91 Å². The predicted octanol–water partition coefficient (Wildman–Crippen LogP) is 4.79. The summed E-state index contributed by atoms with van der Waals surface area (Å²) in [6, 6.07) is 12.8. The SMILES string of the molecule is COc1ccc(OC)c(C2CCCN2C(=O)CCC(=O)c2ccc(Br)cc2)c1. The molecule has 0 bridgehead atoms. The number of carbonyl (C=O) groups excluding carboxylic acids is 2. The minimum absolute atomic E-state index is 0.00200. The van der Waals surface area contributed by atoms with Crippen LogP contribution in [0.5, 0.6) is 11.5 Å². The summed E-state index contributed by atoms with van der Waals surface area (Å²) in [4.78, 5) is 27.1. The first-order valence-corrected chi connectivity index (χ1v) is 10.1. The predicted molar refractivity (Wildman–Crippen MR) is 111 cm³/mol. The van der Waals surface area contributed by atoms with Crippen molar-refractivity contribution in [2.45, 2.75) is 31.7 Å². The van der Waals surface area contributed by atoms with Crippen molar-refractivity contribution in [3.63, 3.8) is 0 Å². The number of benzene rings is 2. The second kappa shape index (κ2) is 9.24. The monoisotopic (exact) mass is 445 g/mol. The van der Waals surface area contributed by atoms with Crippen molar-refractivity contribution in [2.24, 2.45) is 0 Å². The first kappa shape index (κ1) is 20.4. The van der Waals surface area contributed by atoms with Crippen molar-refractivity contribution in [3.8, 4) is 11.5 Å². The Hall–Kier alpha value is -2.34. The summed E-state index contributed by atoms with van der Waals surface area (Å²) in [5.74, 6) is 1.46. The molecule has 6 heteroatoms. The summed E-state index contributed by atoms with van der Waals surface area (Å²) in [5.41, 5.74) is 1.58. The van der Waals surface area contributed by atoms with Crippen molar-refractivity contribution >= 4 is 27.6 Å². The van der Waals surface area contributed by atoms with Crippen LogP contribution in [0.1, 0.15) is 47.6 Å². The lowest BCUT2D eigenvalue weighted by atomic mass is 10.0. The van der Waals surface area contributed by atoms with Crippen molar-refractivity contribution in [1.29, 1.82) is 0 Å². The molecule has 0 aromatic heterocycles. The van der Waals surface area contributed by atoms with Gasteiger partial charge in [-0.1, -0.05) is 28.1 Å². The Morgan fingerprint density at radius 1 is 1.07 bits per heavy atom. The summed E-state index contributed by atoms with van der Waals surface area (Å²) in [5, 5.41) is 0. The summed E-state index contributed by atoms with van der Waals surface area (Å²) < 4.78 is 11.8. The van der Waals surface area contributed by atoms with E-state index in [0.717, 1.165) is 34.4 Å². The third-order valence-electron chi connectivity index (χ3n) is 5.10. The normalized spacial score (nSPS) is 16.1. The van der Waals surface area contributed by atoms with Crippen LogP contribution in [0, 0.1) is 0 Å². The van der Waals surface area contributed by atoms with Gasteiger partial charge in [0.1, 0.15) is 11.5 Å². The van der Waals surface area contributed by atoms with Gasteiger partial charge in [-0.3, -0.25) is 9.59 Å². The van der Waals surface area contributed by atoms with E-state index < -0.39 is 0 Å². The highest BCUT2D eigenvalue weighted by Gasteiger charge is 2.32. The van der Waals surface area contributed by atoms with Crippen LogP contribution in [0.4, 0.5) is 0 Å². The van der Waals surface area contributed by atoms with Crippen LogP contribution in [0.25, 0.3) is 0 Å². The lowest BCUT2D eigenvalue weighted by Gasteiger charge is -2.26. The fourth-order valence-electron chi connectivity index (χ4n) is 3.63. The van der Waals surface area contributed by atoms with Crippen LogP contribution in [-0.4, -0.2) is 37.4 Å². The zero-order valence-electron chi connectivity index (χ0n) is 16.1.